The van der Waals surface area contributed by atoms with Crippen LogP contribution in [0, 0.1) is 17.7 Å². The molecule has 1 aromatic rings. The Hall–Kier alpha value is -2.02. The Labute approximate surface area is 80.9 Å². The lowest BCUT2D eigenvalue weighted by Gasteiger charge is -1.97. The number of halogens is 1. The highest BCUT2D eigenvalue weighted by molar-refractivity contribution is 5.76. The van der Waals surface area contributed by atoms with E-state index in [1.165, 1.54) is 18.2 Å². The summed E-state index contributed by atoms with van der Waals surface area (Å²) < 4.78 is 13.1. The predicted molar refractivity (Wildman–Crippen MR) is 51.5 cm³/mol. The number of nitrogens with two attached hydrogens (primary N) is 2. The van der Waals surface area contributed by atoms with Crippen molar-refractivity contribution in [2.24, 2.45) is 5.73 Å². The van der Waals surface area contributed by atoms with Crippen LogP contribution in [0.4, 0.5) is 10.1 Å². The van der Waals surface area contributed by atoms with Gasteiger partial charge >= 0.3 is 0 Å². The lowest BCUT2D eigenvalue weighted by Crippen LogP contribution is -2.08. The molecule has 1 rings (SSSR count). The van der Waals surface area contributed by atoms with E-state index in [1.807, 2.05) is 0 Å². The zero-order valence-corrected chi connectivity index (χ0v) is 7.38. The number of benzene rings is 1. The number of anilines is 1. The molecule has 4 heteroatoms. The van der Waals surface area contributed by atoms with Gasteiger partial charge in [0.25, 0.3) is 0 Å². The molecule has 1 amide bonds. The smallest absolute Gasteiger partial charge is 0.229 e. The molecule has 1 aromatic carbocycles. The first-order valence-electron chi connectivity index (χ1n) is 3.92. The van der Waals surface area contributed by atoms with Gasteiger partial charge in [-0.3, -0.25) is 4.79 Å². The van der Waals surface area contributed by atoms with Gasteiger partial charge < -0.3 is 11.5 Å². The van der Waals surface area contributed by atoms with Gasteiger partial charge in [0, 0.05) is 0 Å². The van der Waals surface area contributed by atoms with Crippen molar-refractivity contribution >= 4 is 11.6 Å². The minimum atomic E-state index is -0.549. The minimum Gasteiger partial charge on any atom is -0.398 e. The highest BCUT2D eigenvalue weighted by atomic mass is 19.1. The van der Waals surface area contributed by atoms with E-state index in [2.05, 4.69) is 11.8 Å². The van der Waals surface area contributed by atoms with E-state index in [0.717, 1.165) is 0 Å². The lowest BCUT2D eigenvalue weighted by molar-refractivity contribution is -0.117. The number of rotatable bonds is 1. The molecule has 0 bridgehead atoms. The summed E-state index contributed by atoms with van der Waals surface area (Å²) in [6, 6.07) is 4.28. The van der Waals surface area contributed by atoms with Crippen LogP contribution in [0.3, 0.4) is 0 Å². The highest BCUT2D eigenvalue weighted by Crippen LogP contribution is 2.13. The molecule has 4 N–H and O–H groups in total. The van der Waals surface area contributed by atoms with Crippen molar-refractivity contribution in [1.82, 2.24) is 0 Å². The second-order valence-electron chi connectivity index (χ2n) is 2.65. The van der Waals surface area contributed by atoms with Crippen LogP contribution in [0.25, 0.3) is 0 Å². The summed E-state index contributed by atoms with van der Waals surface area (Å²) in [6.07, 6.45) is -0.103. The van der Waals surface area contributed by atoms with E-state index in [0.29, 0.717) is 0 Å². The number of hydrogen-bond donors (Lipinski definition) is 2. The summed E-state index contributed by atoms with van der Waals surface area (Å²) in [4.78, 5) is 10.4. The SMILES string of the molecule is NC(=O)CC#Cc1c(N)cccc1F. The van der Waals surface area contributed by atoms with Crippen LogP contribution >= 0.6 is 0 Å². The van der Waals surface area contributed by atoms with Gasteiger partial charge in [0.2, 0.25) is 5.91 Å². The van der Waals surface area contributed by atoms with Gasteiger partial charge in [-0.05, 0) is 12.1 Å². The van der Waals surface area contributed by atoms with Crippen molar-refractivity contribution in [2.45, 2.75) is 6.42 Å². The van der Waals surface area contributed by atoms with Crippen molar-refractivity contribution in [1.29, 1.82) is 0 Å². The van der Waals surface area contributed by atoms with Crippen LogP contribution in [0.15, 0.2) is 18.2 Å². The molecule has 0 radical (unpaired) electrons. The predicted octanol–water partition coefficient (Wildman–Crippen LogP) is 0.635. The molecule has 0 aromatic heterocycles. The van der Waals surface area contributed by atoms with Gasteiger partial charge in [-0.2, -0.15) is 0 Å². The van der Waals surface area contributed by atoms with E-state index >= 15 is 0 Å². The molecule has 0 saturated carbocycles. The quantitative estimate of drug-likeness (QED) is 0.506. The van der Waals surface area contributed by atoms with Crippen LogP contribution in [-0.4, -0.2) is 5.91 Å². The van der Waals surface area contributed by atoms with Crippen molar-refractivity contribution in [3.8, 4) is 11.8 Å². The van der Waals surface area contributed by atoms with E-state index in [9.17, 15) is 9.18 Å². The van der Waals surface area contributed by atoms with Crippen LogP contribution in [-0.2, 0) is 4.79 Å². The summed E-state index contributed by atoms with van der Waals surface area (Å²) in [5.74, 6) is 3.85. The summed E-state index contributed by atoms with van der Waals surface area (Å²) in [6.45, 7) is 0. The normalized spacial score (nSPS) is 8.93. The maximum atomic E-state index is 13.1. The fourth-order valence-corrected chi connectivity index (χ4v) is 0.892. The average molecular weight is 192 g/mol. The van der Waals surface area contributed by atoms with Gasteiger partial charge in [0.15, 0.2) is 0 Å². The summed E-state index contributed by atoms with van der Waals surface area (Å²) >= 11 is 0. The first-order chi connectivity index (χ1) is 6.61. The second-order valence-corrected chi connectivity index (χ2v) is 2.65. The zero-order chi connectivity index (χ0) is 10.6. The molecule has 0 unspecified atom stereocenters. The third-order valence-corrected chi connectivity index (χ3v) is 1.52. The Bertz CT molecular complexity index is 398. The van der Waals surface area contributed by atoms with Crippen molar-refractivity contribution in [2.75, 3.05) is 5.73 Å². The summed E-state index contributed by atoms with van der Waals surface area (Å²) in [7, 11) is 0. The molecule has 72 valence electrons. The highest BCUT2D eigenvalue weighted by Gasteiger charge is 2.01. The maximum Gasteiger partial charge on any atom is 0.229 e. The number of carbonyl (C=O) groups excluding carboxylic acids is 1. The van der Waals surface area contributed by atoms with Crippen molar-refractivity contribution in [3.05, 3.63) is 29.6 Å². The van der Waals surface area contributed by atoms with Crippen LogP contribution in [0.2, 0.25) is 0 Å². The monoisotopic (exact) mass is 192 g/mol. The number of nitrogen functional groups attached to an aromatic ring is 1. The van der Waals surface area contributed by atoms with Crippen molar-refractivity contribution in [3.63, 3.8) is 0 Å². The van der Waals surface area contributed by atoms with E-state index in [4.69, 9.17) is 11.5 Å². The number of amides is 1. The molecule has 14 heavy (non-hydrogen) atoms. The molecule has 0 aliphatic rings. The van der Waals surface area contributed by atoms with Crippen molar-refractivity contribution < 1.29 is 9.18 Å². The molecule has 0 fully saturated rings. The third kappa shape index (κ3) is 2.49. The van der Waals surface area contributed by atoms with Gasteiger partial charge in [0.1, 0.15) is 5.82 Å². The van der Waals surface area contributed by atoms with E-state index in [1.54, 1.807) is 0 Å². The zero-order valence-electron chi connectivity index (χ0n) is 7.38. The molecule has 0 saturated heterocycles. The first kappa shape index (κ1) is 10.1. The molecule has 0 atom stereocenters. The van der Waals surface area contributed by atoms with Gasteiger partial charge in [-0.25, -0.2) is 4.39 Å². The Morgan fingerprint density at radius 3 is 2.79 bits per heavy atom. The van der Waals surface area contributed by atoms with Crippen LogP contribution < -0.4 is 11.5 Å². The number of primary amides is 1. The fourth-order valence-electron chi connectivity index (χ4n) is 0.892. The number of carbonyl (C=O) groups is 1. The summed E-state index contributed by atoms with van der Waals surface area (Å²) in [5.41, 5.74) is 10.7. The molecule has 0 spiro atoms. The Kier molecular flexibility index (Phi) is 3.08. The van der Waals surface area contributed by atoms with Gasteiger partial charge in [-0.15, -0.1) is 0 Å². The molecular formula is C10H9FN2O. The Morgan fingerprint density at radius 1 is 1.50 bits per heavy atom. The maximum absolute atomic E-state index is 13.1. The van der Waals surface area contributed by atoms with Gasteiger partial charge in [-0.1, -0.05) is 17.9 Å². The molecule has 0 aliphatic heterocycles. The Balaban J connectivity index is 2.94. The van der Waals surface area contributed by atoms with Crippen LogP contribution in [0.1, 0.15) is 12.0 Å². The first-order valence-corrected chi connectivity index (χ1v) is 3.92. The third-order valence-electron chi connectivity index (χ3n) is 1.52. The van der Waals surface area contributed by atoms with E-state index in [-0.39, 0.29) is 17.7 Å². The molecule has 3 nitrogen and oxygen atoms in total. The molecule has 0 aliphatic carbocycles. The minimum absolute atomic E-state index is 0.103. The standard InChI is InChI=1S/C10H9FN2O/c11-8-4-2-5-9(12)7(8)3-1-6-10(13)14/h2,4-5H,6,12H2,(H2,13,14). The second kappa shape index (κ2) is 4.28. The molecular weight excluding hydrogens is 183 g/mol. The topological polar surface area (TPSA) is 69.1 Å². The molecule has 0 heterocycles. The van der Waals surface area contributed by atoms with E-state index < -0.39 is 11.7 Å². The summed E-state index contributed by atoms with van der Waals surface area (Å²) in [5, 5.41) is 0. The van der Waals surface area contributed by atoms with Crippen LogP contribution in [0.5, 0.6) is 0 Å². The average Bonchev–Trinajstić information content (AvgIpc) is 2.09. The largest absolute Gasteiger partial charge is 0.398 e. The number of hydrogen-bond acceptors (Lipinski definition) is 2. The Morgan fingerprint density at radius 2 is 2.21 bits per heavy atom. The van der Waals surface area contributed by atoms with Gasteiger partial charge in [0.05, 0.1) is 17.7 Å². The lowest BCUT2D eigenvalue weighted by atomic mass is 10.1. The fraction of sp³-hybridized carbons (Fsp3) is 0.100.